The largest absolute Gasteiger partial charge is 0.364 e. The predicted octanol–water partition coefficient (Wildman–Crippen LogP) is 4.45. The molecule has 3 rings (SSSR count). The maximum Gasteiger partial charge on any atom is 0.163 e. The molecule has 0 radical (unpaired) electrons. The van der Waals surface area contributed by atoms with Crippen molar-refractivity contribution in [1.29, 1.82) is 0 Å². The van der Waals surface area contributed by atoms with Crippen LogP contribution in [0.5, 0.6) is 0 Å². The summed E-state index contributed by atoms with van der Waals surface area (Å²) >= 11 is 5.86. The SMILES string of the molecule is Fc1cc(Cl)cc(C(c2ccc[nH]2)c2ccc[nH]2)c1F. The highest BCUT2D eigenvalue weighted by molar-refractivity contribution is 6.30. The lowest BCUT2D eigenvalue weighted by molar-refractivity contribution is 0.496. The molecule has 0 saturated heterocycles. The molecular weight excluding hydrogens is 282 g/mol. The molecule has 1 aromatic carbocycles. The summed E-state index contributed by atoms with van der Waals surface area (Å²) in [5.41, 5.74) is 1.71. The van der Waals surface area contributed by atoms with E-state index in [4.69, 9.17) is 11.6 Å². The van der Waals surface area contributed by atoms with E-state index in [1.54, 1.807) is 12.4 Å². The molecule has 2 heterocycles. The van der Waals surface area contributed by atoms with E-state index in [2.05, 4.69) is 9.97 Å². The van der Waals surface area contributed by atoms with Crippen molar-refractivity contribution in [2.24, 2.45) is 0 Å². The van der Waals surface area contributed by atoms with Gasteiger partial charge in [0.15, 0.2) is 11.6 Å². The third-order valence-corrected chi connectivity index (χ3v) is 3.42. The minimum absolute atomic E-state index is 0.169. The summed E-state index contributed by atoms with van der Waals surface area (Å²) in [5.74, 6) is -2.30. The summed E-state index contributed by atoms with van der Waals surface area (Å²) in [6.45, 7) is 0. The number of halogens is 3. The first-order valence-corrected chi connectivity index (χ1v) is 6.45. The van der Waals surface area contributed by atoms with Gasteiger partial charge in [-0.15, -0.1) is 0 Å². The second-order valence-electron chi connectivity index (χ2n) is 4.47. The van der Waals surface area contributed by atoms with E-state index in [-0.39, 0.29) is 10.6 Å². The normalized spacial score (nSPS) is 11.2. The molecule has 20 heavy (non-hydrogen) atoms. The van der Waals surface area contributed by atoms with E-state index in [0.29, 0.717) is 0 Å². The number of hydrogen-bond donors (Lipinski definition) is 2. The van der Waals surface area contributed by atoms with E-state index in [1.807, 2.05) is 24.3 Å². The fraction of sp³-hybridized carbons (Fsp3) is 0.0667. The van der Waals surface area contributed by atoms with Crippen LogP contribution in [0.1, 0.15) is 22.9 Å². The summed E-state index contributed by atoms with van der Waals surface area (Å²) in [5, 5.41) is 0.169. The van der Waals surface area contributed by atoms with Crippen molar-refractivity contribution in [3.05, 3.63) is 82.4 Å². The van der Waals surface area contributed by atoms with Gasteiger partial charge in [0.1, 0.15) is 0 Å². The summed E-state index contributed by atoms with van der Waals surface area (Å²) in [7, 11) is 0. The molecule has 0 aliphatic rings. The van der Waals surface area contributed by atoms with Crippen LogP contribution in [0.15, 0.2) is 48.8 Å². The van der Waals surface area contributed by atoms with Gasteiger partial charge in [0.2, 0.25) is 0 Å². The van der Waals surface area contributed by atoms with Gasteiger partial charge in [0.25, 0.3) is 0 Å². The van der Waals surface area contributed by atoms with E-state index in [0.717, 1.165) is 17.5 Å². The zero-order valence-electron chi connectivity index (χ0n) is 10.3. The van der Waals surface area contributed by atoms with Crippen LogP contribution in [-0.2, 0) is 0 Å². The van der Waals surface area contributed by atoms with Crippen LogP contribution in [0.2, 0.25) is 5.02 Å². The Morgan fingerprint density at radius 1 is 0.950 bits per heavy atom. The Labute approximate surface area is 119 Å². The van der Waals surface area contributed by atoms with Crippen LogP contribution in [0.25, 0.3) is 0 Å². The van der Waals surface area contributed by atoms with Crippen molar-refractivity contribution in [1.82, 2.24) is 9.97 Å². The van der Waals surface area contributed by atoms with Crippen LogP contribution in [0, 0.1) is 11.6 Å². The second kappa shape index (κ2) is 5.13. The number of aromatic nitrogens is 2. The van der Waals surface area contributed by atoms with Gasteiger partial charge >= 0.3 is 0 Å². The predicted molar refractivity (Wildman–Crippen MR) is 73.9 cm³/mol. The van der Waals surface area contributed by atoms with Crippen molar-refractivity contribution >= 4 is 11.6 Å². The molecule has 2 aromatic heterocycles. The van der Waals surface area contributed by atoms with Crippen LogP contribution in [0.3, 0.4) is 0 Å². The molecule has 102 valence electrons. The first-order chi connectivity index (χ1) is 9.66. The van der Waals surface area contributed by atoms with Crippen molar-refractivity contribution in [2.75, 3.05) is 0 Å². The molecule has 0 amide bonds. The molecule has 2 nitrogen and oxygen atoms in total. The third-order valence-electron chi connectivity index (χ3n) is 3.20. The summed E-state index contributed by atoms with van der Waals surface area (Å²) in [6, 6.07) is 9.69. The van der Waals surface area contributed by atoms with Gasteiger partial charge in [-0.25, -0.2) is 8.78 Å². The quantitative estimate of drug-likeness (QED) is 0.668. The molecule has 0 fully saturated rings. The highest BCUT2D eigenvalue weighted by Gasteiger charge is 2.24. The van der Waals surface area contributed by atoms with Crippen molar-refractivity contribution in [3.63, 3.8) is 0 Å². The molecule has 0 atom stereocenters. The Morgan fingerprint density at radius 2 is 1.55 bits per heavy atom. The lowest BCUT2D eigenvalue weighted by Gasteiger charge is -2.16. The van der Waals surface area contributed by atoms with Crippen LogP contribution in [-0.4, -0.2) is 9.97 Å². The first kappa shape index (κ1) is 12.9. The van der Waals surface area contributed by atoms with Gasteiger partial charge in [-0.05, 0) is 36.4 Å². The van der Waals surface area contributed by atoms with E-state index >= 15 is 0 Å². The second-order valence-corrected chi connectivity index (χ2v) is 4.91. The van der Waals surface area contributed by atoms with E-state index in [9.17, 15) is 8.78 Å². The highest BCUT2D eigenvalue weighted by atomic mass is 35.5. The Kier molecular flexibility index (Phi) is 3.32. The average molecular weight is 293 g/mol. The van der Waals surface area contributed by atoms with Gasteiger partial charge in [-0.2, -0.15) is 0 Å². The van der Waals surface area contributed by atoms with Crippen LogP contribution >= 0.6 is 11.6 Å². The maximum absolute atomic E-state index is 14.2. The van der Waals surface area contributed by atoms with Crippen molar-refractivity contribution in [2.45, 2.75) is 5.92 Å². The summed E-state index contributed by atoms with van der Waals surface area (Å²) in [6.07, 6.45) is 3.48. The van der Waals surface area contributed by atoms with Crippen LogP contribution in [0.4, 0.5) is 8.78 Å². The Hall–Kier alpha value is -2.07. The Bertz CT molecular complexity index is 672. The van der Waals surface area contributed by atoms with Gasteiger partial charge in [0, 0.05) is 34.4 Å². The fourth-order valence-corrected chi connectivity index (χ4v) is 2.55. The minimum atomic E-state index is -0.949. The Morgan fingerprint density at radius 3 is 2.05 bits per heavy atom. The molecule has 2 N–H and O–H groups in total. The summed E-state index contributed by atoms with van der Waals surface area (Å²) in [4.78, 5) is 6.08. The van der Waals surface area contributed by atoms with Gasteiger partial charge in [0.05, 0.1) is 5.92 Å². The van der Waals surface area contributed by atoms with Crippen LogP contribution < -0.4 is 0 Å². The number of nitrogens with one attached hydrogen (secondary N) is 2. The standard InChI is InChI=1S/C15H11ClF2N2/c16-9-7-10(15(18)11(17)8-9)14(12-3-1-5-19-12)13-4-2-6-20-13/h1-8,14,19-20H. The van der Waals surface area contributed by atoms with Crippen molar-refractivity contribution in [3.8, 4) is 0 Å². The lowest BCUT2D eigenvalue weighted by Crippen LogP contribution is -2.08. The zero-order chi connectivity index (χ0) is 14.1. The Balaban J connectivity index is 2.21. The monoisotopic (exact) mass is 292 g/mol. The number of rotatable bonds is 3. The molecule has 0 aliphatic heterocycles. The van der Waals surface area contributed by atoms with Gasteiger partial charge in [-0.1, -0.05) is 11.6 Å². The molecule has 0 saturated carbocycles. The maximum atomic E-state index is 14.2. The molecule has 0 unspecified atom stereocenters. The van der Waals surface area contributed by atoms with Gasteiger partial charge in [-0.3, -0.25) is 0 Å². The fourth-order valence-electron chi connectivity index (χ4n) is 2.34. The van der Waals surface area contributed by atoms with Gasteiger partial charge < -0.3 is 9.97 Å². The molecule has 0 bridgehead atoms. The smallest absolute Gasteiger partial charge is 0.163 e. The van der Waals surface area contributed by atoms with Crippen molar-refractivity contribution < 1.29 is 8.78 Å². The highest BCUT2D eigenvalue weighted by Crippen LogP contribution is 2.34. The number of benzene rings is 1. The number of H-pyrrole nitrogens is 2. The number of aromatic amines is 2. The minimum Gasteiger partial charge on any atom is -0.364 e. The van der Waals surface area contributed by atoms with E-state index < -0.39 is 17.6 Å². The molecule has 3 aromatic rings. The topological polar surface area (TPSA) is 31.6 Å². The summed E-state index contributed by atoms with van der Waals surface area (Å²) < 4.78 is 27.8. The van der Waals surface area contributed by atoms with E-state index in [1.165, 1.54) is 6.07 Å². The first-order valence-electron chi connectivity index (χ1n) is 6.08. The molecular formula is C15H11ClF2N2. The average Bonchev–Trinajstić information content (AvgIpc) is 3.08. The molecule has 5 heteroatoms. The lowest BCUT2D eigenvalue weighted by atomic mass is 9.92. The molecule has 0 aliphatic carbocycles. The zero-order valence-corrected chi connectivity index (χ0v) is 11.1. The number of hydrogen-bond acceptors (Lipinski definition) is 0. The third kappa shape index (κ3) is 2.23. The molecule has 0 spiro atoms.